The first kappa shape index (κ1) is 17.4. The van der Waals surface area contributed by atoms with Crippen molar-refractivity contribution in [3.05, 3.63) is 50.2 Å². The Labute approximate surface area is 154 Å². The molecular weight excluding hydrogens is 360 g/mol. The molecule has 3 rings (SSSR count). The fraction of sp³-hybridized carbons (Fsp3) is 0.333. The molecule has 2 heterocycles. The van der Waals surface area contributed by atoms with Crippen LogP contribution in [0.4, 0.5) is 0 Å². The maximum Gasteiger partial charge on any atom is 0.262 e. The molecule has 0 saturated carbocycles. The van der Waals surface area contributed by atoms with Gasteiger partial charge < -0.3 is 5.32 Å². The zero-order valence-corrected chi connectivity index (χ0v) is 16.2. The van der Waals surface area contributed by atoms with E-state index in [1.54, 1.807) is 11.3 Å². The average molecular weight is 379 g/mol. The summed E-state index contributed by atoms with van der Waals surface area (Å²) >= 11 is 9.41. The summed E-state index contributed by atoms with van der Waals surface area (Å²) in [7, 11) is 0. The third-order valence-electron chi connectivity index (χ3n) is 3.69. The number of rotatable bonds is 4. The number of thiophene rings is 1. The Bertz CT molecular complexity index is 877. The van der Waals surface area contributed by atoms with Crippen molar-refractivity contribution in [1.29, 1.82) is 0 Å². The van der Waals surface area contributed by atoms with Crippen molar-refractivity contribution in [2.75, 3.05) is 6.54 Å². The van der Waals surface area contributed by atoms with Gasteiger partial charge in [-0.25, -0.2) is 4.98 Å². The molecule has 0 bridgehead atoms. The van der Waals surface area contributed by atoms with Crippen molar-refractivity contribution in [3.8, 4) is 0 Å². The van der Waals surface area contributed by atoms with E-state index in [4.69, 9.17) is 11.6 Å². The Morgan fingerprint density at radius 3 is 2.71 bits per heavy atom. The molecule has 1 N–H and O–H groups in total. The number of nitrogens with one attached hydrogen (secondary N) is 1. The van der Waals surface area contributed by atoms with Gasteiger partial charge in [0.25, 0.3) is 5.91 Å². The number of aromatic nitrogens is 1. The predicted molar refractivity (Wildman–Crippen MR) is 104 cm³/mol. The standard InChI is InChI=1S/C18H19ClN2OS2/c1-18(2,3)13-10-23-14(21-13)8-9-20-17(22)16-15(19)11-6-4-5-7-12(11)24-16/h4-7,10H,8-9H2,1-3H3,(H,20,22). The lowest BCUT2D eigenvalue weighted by Gasteiger charge is -2.14. The molecule has 3 aromatic rings. The lowest BCUT2D eigenvalue weighted by molar-refractivity contribution is 0.0958. The van der Waals surface area contributed by atoms with Crippen LogP contribution in [0.15, 0.2) is 29.6 Å². The number of amides is 1. The van der Waals surface area contributed by atoms with Crippen molar-refractivity contribution in [2.24, 2.45) is 0 Å². The van der Waals surface area contributed by atoms with Gasteiger partial charge in [0.05, 0.1) is 15.7 Å². The number of hydrogen-bond acceptors (Lipinski definition) is 4. The summed E-state index contributed by atoms with van der Waals surface area (Å²) in [5.41, 5.74) is 1.16. The number of benzene rings is 1. The number of carbonyl (C=O) groups is 1. The van der Waals surface area contributed by atoms with E-state index in [0.29, 0.717) is 16.4 Å². The van der Waals surface area contributed by atoms with Crippen LogP contribution in [0.25, 0.3) is 10.1 Å². The molecule has 1 amide bonds. The molecule has 0 atom stereocenters. The van der Waals surface area contributed by atoms with E-state index >= 15 is 0 Å². The average Bonchev–Trinajstić information content (AvgIpc) is 3.13. The molecule has 0 fully saturated rings. The van der Waals surface area contributed by atoms with Gasteiger partial charge >= 0.3 is 0 Å². The minimum Gasteiger partial charge on any atom is -0.351 e. The van der Waals surface area contributed by atoms with E-state index in [2.05, 4.69) is 36.5 Å². The maximum atomic E-state index is 12.4. The van der Waals surface area contributed by atoms with Gasteiger partial charge in [-0.15, -0.1) is 22.7 Å². The summed E-state index contributed by atoms with van der Waals surface area (Å²) in [6, 6.07) is 7.80. The highest BCUT2D eigenvalue weighted by molar-refractivity contribution is 7.21. The molecule has 1 aromatic carbocycles. The minimum atomic E-state index is -0.117. The number of fused-ring (bicyclic) bond motifs is 1. The molecule has 24 heavy (non-hydrogen) atoms. The Balaban J connectivity index is 1.63. The van der Waals surface area contributed by atoms with Gasteiger partial charge in [0, 0.05) is 33.8 Å². The second-order valence-electron chi connectivity index (χ2n) is 6.62. The molecule has 126 valence electrons. The summed E-state index contributed by atoms with van der Waals surface area (Å²) < 4.78 is 1.03. The van der Waals surface area contributed by atoms with Crippen molar-refractivity contribution in [3.63, 3.8) is 0 Å². The first-order chi connectivity index (χ1) is 11.4. The fourth-order valence-electron chi connectivity index (χ4n) is 2.29. The van der Waals surface area contributed by atoms with Crippen LogP contribution in [0.3, 0.4) is 0 Å². The topological polar surface area (TPSA) is 42.0 Å². The molecule has 2 aromatic heterocycles. The summed E-state index contributed by atoms with van der Waals surface area (Å²) in [5.74, 6) is -0.117. The molecule has 0 aliphatic rings. The van der Waals surface area contributed by atoms with Crippen molar-refractivity contribution in [2.45, 2.75) is 32.6 Å². The van der Waals surface area contributed by atoms with Crippen LogP contribution in [0.2, 0.25) is 5.02 Å². The first-order valence-corrected chi connectivity index (χ1v) is 9.84. The smallest absolute Gasteiger partial charge is 0.262 e. The molecule has 0 saturated heterocycles. The molecular formula is C18H19ClN2OS2. The number of carbonyl (C=O) groups excluding carboxylic acids is 1. The van der Waals surface area contributed by atoms with Gasteiger partial charge in [0.1, 0.15) is 4.88 Å². The van der Waals surface area contributed by atoms with Gasteiger partial charge in [0.15, 0.2) is 0 Å². The third kappa shape index (κ3) is 3.63. The highest BCUT2D eigenvalue weighted by Crippen LogP contribution is 2.35. The highest BCUT2D eigenvalue weighted by atomic mass is 35.5. The summed E-state index contributed by atoms with van der Waals surface area (Å²) in [4.78, 5) is 17.6. The number of thiazole rings is 1. The molecule has 0 aliphatic heterocycles. The van der Waals surface area contributed by atoms with E-state index in [1.807, 2.05) is 24.3 Å². The molecule has 0 aliphatic carbocycles. The quantitative estimate of drug-likeness (QED) is 0.670. The second-order valence-corrected chi connectivity index (χ2v) is 9.00. The van der Waals surface area contributed by atoms with Crippen LogP contribution in [0.5, 0.6) is 0 Å². The van der Waals surface area contributed by atoms with E-state index in [0.717, 1.165) is 27.2 Å². The molecule has 3 nitrogen and oxygen atoms in total. The minimum absolute atomic E-state index is 0.0581. The summed E-state index contributed by atoms with van der Waals surface area (Å²) in [6.45, 7) is 7.01. The first-order valence-electron chi connectivity index (χ1n) is 7.76. The zero-order chi connectivity index (χ0) is 17.3. The largest absolute Gasteiger partial charge is 0.351 e. The van der Waals surface area contributed by atoms with Crippen molar-refractivity contribution < 1.29 is 4.79 Å². The van der Waals surface area contributed by atoms with Crippen molar-refractivity contribution in [1.82, 2.24) is 10.3 Å². The van der Waals surface area contributed by atoms with Crippen LogP contribution in [-0.4, -0.2) is 17.4 Å². The number of hydrogen-bond donors (Lipinski definition) is 1. The Morgan fingerprint density at radius 1 is 1.29 bits per heavy atom. The molecule has 0 unspecified atom stereocenters. The van der Waals surface area contributed by atoms with Crippen LogP contribution in [-0.2, 0) is 11.8 Å². The van der Waals surface area contributed by atoms with Crippen LogP contribution >= 0.6 is 34.3 Å². The van der Waals surface area contributed by atoms with Crippen molar-refractivity contribution >= 4 is 50.3 Å². The van der Waals surface area contributed by atoms with Crippen LogP contribution in [0, 0.1) is 0 Å². The lowest BCUT2D eigenvalue weighted by atomic mass is 9.93. The molecule has 6 heteroatoms. The fourth-order valence-corrected chi connectivity index (χ4v) is 4.75. The second kappa shape index (κ2) is 6.82. The number of halogens is 1. The zero-order valence-electron chi connectivity index (χ0n) is 13.9. The molecule has 0 radical (unpaired) electrons. The third-order valence-corrected chi connectivity index (χ3v) is 6.27. The van der Waals surface area contributed by atoms with E-state index in [1.165, 1.54) is 11.3 Å². The van der Waals surface area contributed by atoms with Crippen LogP contribution in [0.1, 0.15) is 41.1 Å². The number of nitrogens with zero attached hydrogens (tertiary/aromatic N) is 1. The lowest BCUT2D eigenvalue weighted by Crippen LogP contribution is -2.25. The van der Waals surface area contributed by atoms with E-state index < -0.39 is 0 Å². The van der Waals surface area contributed by atoms with Gasteiger partial charge in [-0.2, -0.15) is 0 Å². The van der Waals surface area contributed by atoms with E-state index in [9.17, 15) is 4.79 Å². The SMILES string of the molecule is CC(C)(C)c1csc(CCNC(=O)c2sc3ccccc3c2Cl)n1. The Kier molecular flexibility index (Phi) is 4.95. The predicted octanol–water partition coefficient (Wildman–Crippen LogP) is 5.28. The Morgan fingerprint density at radius 2 is 2.04 bits per heavy atom. The normalized spacial score (nSPS) is 11.8. The van der Waals surface area contributed by atoms with Gasteiger partial charge in [-0.05, 0) is 6.07 Å². The van der Waals surface area contributed by atoms with Gasteiger partial charge in [-0.1, -0.05) is 50.6 Å². The van der Waals surface area contributed by atoms with Gasteiger partial charge in [-0.3, -0.25) is 4.79 Å². The molecule has 0 spiro atoms. The highest BCUT2D eigenvalue weighted by Gasteiger charge is 2.18. The summed E-state index contributed by atoms with van der Waals surface area (Å²) in [6.07, 6.45) is 0.731. The van der Waals surface area contributed by atoms with E-state index in [-0.39, 0.29) is 11.3 Å². The summed E-state index contributed by atoms with van der Waals surface area (Å²) in [5, 5.41) is 7.57. The van der Waals surface area contributed by atoms with Crippen LogP contribution < -0.4 is 5.32 Å². The monoisotopic (exact) mass is 378 g/mol. The Hall–Kier alpha value is -1.43. The maximum absolute atomic E-state index is 12.4. The van der Waals surface area contributed by atoms with Gasteiger partial charge in [0.2, 0.25) is 0 Å².